The van der Waals surface area contributed by atoms with E-state index in [-0.39, 0.29) is 11.3 Å². The summed E-state index contributed by atoms with van der Waals surface area (Å²) in [7, 11) is 0. The van der Waals surface area contributed by atoms with Gasteiger partial charge in [0.25, 0.3) is 0 Å². The lowest BCUT2D eigenvalue weighted by atomic mass is 9.71. The van der Waals surface area contributed by atoms with Gasteiger partial charge in [0.05, 0.1) is 0 Å². The third-order valence-corrected chi connectivity index (χ3v) is 3.87. The summed E-state index contributed by atoms with van der Waals surface area (Å²) in [5, 5.41) is 12.1. The summed E-state index contributed by atoms with van der Waals surface area (Å²) in [6.45, 7) is 4.27. The predicted molar refractivity (Wildman–Crippen MR) is 71.4 cm³/mol. The minimum atomic E-state index is -0.938. The second-order valence-electron chi connectivity index (χ2n) is 5.47. The van der Waals surface area contributed by atoms with Crippen LogP contribution in [0.4, 0.5) is 0 Å². The molecule has 1 aliphatic carbocycles. The first-order valence-electron chi connectivity index (χ1n) is 6.57. The summed E-state index contributed by atoms with van der Waals surface area (Å²) in [4.78, 5) is 11.5. The molecule has 0 bridgehead atoms. The number of hydrogen-bond donors (Lipinski definition) is 2. The van der Waals surface area contributed by atoms with E-state index in [0.717, 1.165) is 19.3 Å². The molecule has 0 spiro atoms. The highest BCUT2D eigenvalue weighted by molar-refractivity contribution is 5.80. The Labute approximate surface area is 108 Å². The average molecular weight is 247 g/mol. The Hall–Kier alpha value is -1.35. The maximum atomic E-state index is 11.5. The van der Waals surface area contributed by atoms with Crippen LogP contribution in [-0.4, -0.2) is 23.7 Å². The highest BCUT2D eigenvalue weighted by Crippen LogP contribution is 2.36. The van der Waals surface area contributed by atoms with Crippen LogP contribution < -0.4 is 5.32 Å². The van der Waals surface area contributed by atoms with Gasteiger partial charge < -0.3 is 10.4 Å². The second kappa shape index (κ2) is 5.11. The Morgan fingerprint density at radius 2 is 2.22 bits per heavy atom. The van der Waals surface area contributed by atoms with Crippen LogP contribution in [0, 0.1) is 0 Å². The van der Waals surface area contributed by atoms with Crippen molar-refractivity contribution < 1.29 is 9.90 Å². The van der Waals surface area contributed by atoms with Crippen molar-refractivity contribution in [2.75, 3.05) is 6.54 Å². The normalized spacial score (nSPS) is 24.2. The molecule has 0 fully saturated rings. The molecule has 3 heteroatoms. The molecule has 0 saturated heterocycles. The monoisotopic (exact) mass is 247 g/mol. The van der Waals surface area contributed by atoms with Gasteiger partial charge in [0.15, 0.2) is 0 Å². The number of rotatable bonds is 3. The van der Waals surface area contributed by atoms with E-state index in [0.29, 0.717) is 6.54 Å². The van der Waals surface area contributed by atoms with E-state index in [1.807, 2.05) is 0 Å². The lowest BCUT2D eigenvalue weighted by molar-refractivity contribution is -0.128. The molecule has 2 rings (SSSR count). The van der Waals surface area contributed by atoms with Crippen LogP contribution in [0.2, 0.25) is 0 Å². The van der Waals surface area contributed by atoms with Crippen molar-refractivity contribution in [2.45, 2.75) is 44.6 Å². The molecule has 1 aromatic carbocycles. The Morgan fingerprint density at radius 3 is 2.94 bits per heavy atom. The summed E-state index contributed by atoms with van der Waals surface area (Å²) in [5.74, 6) is -0.292. The summed E-state index contributed by atoms with van der Waals surface area (Å²) in [6.07, 6.45) is 2.41. The predicted octanol–water partition coefficient (Wildman–Crippen LogP) is 1.78. The van der Waals surface area contributed by atoms with Crippen LogP contribution >= 0.6 is 0 Å². The molecule has 0 radical (unpaired) electrons. The highest BCUT2D eigenvalue weighted by atomic mass is 16.3. The van der Waals surface area contributed by atoms with Gasteiger partial charge in [-0.1, -0.05) is 31.2 Å². The molecule has 98 valence electrons. The number of amides is 1. The van der Waals surface area contributed by atoms with Crippen LogP contribution in [0.3, 0.4) is 0 Å². The SMILES string of the molecule is CC(O)C(=O)NCC1(C)CCCc2ccccc21. The number of aryl methyl sites for hydroxylation is 1. The van der Waals surface area contributed by atoms with Gasteiger partial charge in [0.1, 0.15) is 6.10 Å². The Bertz CT molecular complexity index is 442. The molecule has 0 heterocycles. The first-order valence-corrected chi connectivity index (χ1v) is 6.57. The number of nitrogens with one attached hydrogen (secondary N) is 1. The molecule has 1 amide bonds. The van der Waals surface area contributed by atoms with Gasteiger partial charge in [0.2, 0.25) is 5.91 Å². The van der Waals surface area contributed by atoms with Gasteiger partial charge in [-0.05, 0) is 37.3 Å². The van der Waals surface area contributed by atoms with Crippen LogP contribution in [0.1, 0.15) is 37.8 Å². The first-order chi connectivity index (χ1) is 8.53. The van der Waals surface area contributed by atoms with Crippen molar-refractivity contribution in [3.63, 3.8) is 0 Å². The maximum absolute atomic E-state index is 11.5. The summed E-state index contributed by atoms with van der Waals surface area (Å²) in [5.41, 5.74) is 2.71. The van der Waals surface area contributed by atoms with Crippen molar-refractivity contribution in [1.82, 2.24) is 5.32 Å². The van der Waals surface area contributed by atoms with Crippen molar-refractivity contribution in [1.29, 1.82) is 0 Å². The Morgan fingerprint density at radius 1 is 1.50 bits per heavy atom. The number of aliphatic hydroxyl groups excluding tert-OH is 1. The fourth-order valence-corrected chi connectivity index (χ4v) is 2.74. The minimum Gasteiger partial charge on any atom is -0.384 e. The molecule has 0 aliphatic heterocycles. The molecular formula is C15H21NO2. The van der Waals surface area contributed by atoms with E-state index >= 15 is 0 Å². The van der Waals surface area contributed by atoms with Crippen molar-refractivity contribution >= 4 is 5.91 Å². The second-order valence-corrected chi connectivity index (χ2v) is 5.47. The number of benzene rings is 1. The lowest BCUT2D eigenvalue weighted by Crippen LogP contribution is -2.43. The summed E-state index contributed by atoms with van der Waals surface area (Å²) < 4.78 is 0. The van der Waals surface area contributed by atoms with Gasteiger partial charge in [-0.2, -0.15) is 0 Å². The van der Waals surface area contributed by atoms with Gasteiger partial charge in [-0.25, -0.2) is 0 Å². The van der Waals surface area contributed by atoms with E-state index in [1.165, 1.54) is 18.1 Å². The van der Waals surface area contributed by atoms with Gasteiger partial charge >= 0.3 is 0 Å². The third kappa shape index (κ3) is 2.56. The summed E-state index contributed by atoms with van der Waals surface area (Å²) in [6, 6.07) is 8.45. The smallest absolute Gasteiger partial charge is 0.248 e. The van der Waals surface area contributed by atoms with Crippen LogP contribution in [0.5, 0.6) is 0 Å². The van der Waals surface area contributed by atoms with Gasteiger partial charge in [0, 0.05) is 12.0 Å². The quantitative estimate of drug-likeness (QED) is 0.855. The summed E-state index contributed by atoms with van der Waals surface area (Å²) >= 11 is 0. The van der Waals surface area contributed by atoms with E-state index in [2.05, 4.69) is 36.5 Å². The zero-order valence-corrected chi connectivity index (χ0v) is 11.1. The molecule has 2 unspecified atom stereocenters. The number of carbonyl (C=O) groups is 1. The molecular weight excluding hydrogens is 226 g/mol. The van der Waals surface area contributed by atoms with Gasteiger partial charge in [-0.15, -0.1) is 0 Å². The van der Waals surface area contributed by atoms with Crippen LogP contribution in [-0.2, 0) is 16.6 Å². The molecule has 1 aromatic rings. The maximum Gasteiger partial charge on any atom is 0.248 e. The number of carbonyl (C=O) groups excluding carboxylic acids is 1. The fourth-order valence-electron chi connectivity index (χ4n) is 2.74. The standard InChI is InChI=1S/C15H21NO2/c1-11(17)14(18)16-10-15(2)9-5-7-12-6-3-4-8-13(12)15/h3-4,6,8,11,17H,5,7,9-10H2,1-2H3,(H,16,18). The van der Waals surface area contributed by atoms with Crippen LogP contribution in [0.25, 0.3) is 0 Å². The van der Waals surface area contributed by atoms with E-state index in [4.69, 9.17) is 0 Å². The minimum absolute atomic E-state index is 0.0145. The average Bonchev–Trinajstić information content (AvgIpc) is 2.36. The molecule has 0 aromatic heterocycles. The zero-order chi connectivity index (χ0) is 13.2. The Kier molecular flexibility index (Phi) is 3.71. The molecule has 18 heavy (non-hydrogen) atoms. The van der Waals surface area contributed by atoms with Crippen molar-refractivity contribution in [2.24, 2.45) is 0 Å². The van der Waals surface area contributed by atoms with Crippen molar-refractivity contribution in [3.8, 4) is 0 Å². The molecule has 0 saturated carbocycles. The number of hydrogen-bond acceptors (Lipinski definition) is 2. The Balaban J connectivity index is 2.15. The molecule has 1 aliphatic rings. The first kappa shape index (κ1) is 13.1. The van der Waals surface area contributed by atoms with Crippen LogP contribution in [0.15, 0.2) is 24.3 Å². The zero-order valence-electron chi connectivity index (χ0n) is 11.1. The molecule has 2 atom stereocenters. The fraction of sp³-hybridized carbons (Fsp3) is 0.533. The number of fused-ring (bicyclic) bond motifs is 1. The molecule has 2 N–H and O–H groups in total. The third-order valence-electron chi connectivity index (χ3n) is 3.87. The van der Waals surface area contributed by atoms with E-state index < -0.39 is 6.10 Å². The van der Waals surface area contributed by atoms with E-state index in [9.17, 15) is 9.90 Å². The van der Waals surface area contributed by atoms with E-state index in [1.54, 1.807) is 0 Å². The lowest BCUT2D eigenvalue weighted by Gasteiger charge is -2.36. The number of aliphatic hydroxyl groups is 1. The highest BCUT2D eigenvalue weighted by Gasteiger charge is 2.32. The van der Waals surface area contributed by atoms with Gasteiger partial charge in [-0.3, -0.25) is 4.79 Å². The molecule has 3 nitrogen and oxygen atoms in total. The largest absolute Gasteiger partial charge is 0.384 e. The van der Waals surface area contributed by atoms with Crippen molar-refractivity contribution in [3.05, 3.63) is 35.4 Å². The topological polar surface area (TPSA) is 49.3 Å².